The van der Waals surface area contributed by atoms with Crippen molar-refractivity contribution in [3.63, 3.8) is 0 Å². The lowest BCUT2D eigenvalue weighted by Crippen LogP contribution is -2.25. The molecule has 1 aromatic carbocycles. The summed E-state index contributed by atoms with van der Waals surface area (Å²) in [6.45, 7) is 0.975. The minimum Gasteiger partial charge on any atom is -0.395 e. The fourth-order valence-corrected chi connectivity index (χ4v) is 2.80. The van der Waals surface area contributed by atoms with Gasteiger partial charge in [0.1, 0.15) is 0 Å². The van der Waals surface area contributed by atoms with Crippen molar-refractivity contribution < 1.29 is 18.3 Å². The second-order valence-corrected chi connectivity index (χ2v) is 5.14. The molecule has 7 heteroatoms. The van der Waals surface area contributed by atoms with Crippen LogP contribution < -0.4 is 14.8 Å². The third kappa shape index (κ3) is 2.13. The highest BCUT2D eigenvalue weighted by atomic mass is 19.3. The average Bonchev–Trinajstić information content (AvgIpc) is 3.14. The van der Waals surface area contributed by atoms with Gasteiger partial charge in [-0.15, -0.1) is 8.78 Å². The quantitative estimate of drug-likeness (QED) is 0.924. The first-order chi connectivity index (χ1) is 10.1. The summed E-state index contributed by atoms with van der Waals surface area (Å²) in [5.41, 5.74) is 1.73. The summed E-state index contributed by atoms with van der Waals surface area (Å²) in [4.78, 5) is 4.17. The Morgan fingerprint density at radius 3 is 2.95 bits per heavy atom. The van der Waals surface area contributed by atoms with Crippen LogP contribution in [0.2, 0.25) is 0 Å². The van der Waals surface area contributed by atoms with E-state index in [2.05, 4.69) is 19.8 Å². The molecule has 21 heavy (non-hydrogen) atoms. The fourth-order valence-electron chi connectivity index (χ4n) is 2.80. The van der Waals surface area contributed by atoms with Crippen LogP contribution in [0.1, 0.15) is 24.6 Å². The van der Waals surface area contributed by atoms with E-state index in [0.717, 1.165) is 30.8 Å². The van der Waals surface area contributed by atoms with E-state index >= 15 is 0 Å². The van der Waals surface area contributed by atoms with Crippen LogP contribution in [0.3, 0.4) is 0 Å². The molecule has 1 N–H and O–H groups in total. The zero-order valence-corrected chi connectivity index (χ0v) is 11.1. The molecule has 0 bridgehead atoms. The highest BCUT2D eigenvalue weighted by Crippen LogP contribution is 2.42. The van der Waals surface area contributed by atoms with Gasteiger partial charge < -0.3 is 19.4 Å². The Morgan fingerprint density at radius 2 is 2.14 bits per heavy atom. The fraction of sp³-hybridized carbons (Fsp3) is 0.357. The largest absolute Gasteiger partial charge is 0.586 e. The summed E-state index contributed by atoms with van der Waals surface area (Å²) in [5, 5.41) is 3.40. The zero-order chi connectivity index (χ0) is 14.4. The second-order valence-electron chi connectivity index (χ2n) is 5.14. The molecule has 2 aliphatic heterocycles. The Balaban J connectivity index is 1.71. The van der Waals surface area contributed by atoms with Crippen LogP contribution >= 0.6 is 0 Å². The first kappa shape index (κ1) is 12.6. The molecule has 1 atom stereocenters. The first-order valence-corrected chi connectivity index (χ1v) is 6.78. The summed E-state index contributed by atoms with van der Waals surface area (Å²) >= 11 is 0. The van der Waals surface area contributed by atoms with Crippen molar-refractivity contribution in [2.45, 2.75) is 25.2 Å². The van der Waals surface area contributed by atoms with Gasteiger partial charge >= 0.3 is 6.29 Å². The maximum Gasteiger partial charge on any atom is 0.586 e. The molecule has 1 saturated heterocycles. The van der Waals surface area contributed by atoms with Gasteiger partial charge in [0, 0.05) is 12.1 Å². The number of hydrogen-bond donors (Lipinski definition) is 1. The monoisotopic (exact) mass is 293 g/mol. The molecular weight excluding hydrogens is 280 g/mol. The van der Waals surface area contributed by atoms with E-state index in [4.69, 9.17) is 0 Å². The standard InChI is InChI=1S/C14H13F2N3O2/c15-14(16)20-12-4-3-9(6-13(12)21-14)19-8-17-7-11(19)10-2-1-5-18-10/h3-4,6-8,10,18H,1-2,5H2. The first-order valence-electron chi connectivity index (χ1n) is 6.78. The van der Waals surface area contributed by atoms with E-state index in [1.165, 1.54) is 12.1 Å². The lowest BCUT2D eigenvalue weighted by atomic mass is 10.1. The molecule has 2 aliphatic rings. The second kappa shape index (κ2) is 4.42. The van der Waals surface area contributed by atoms with E-state index < -0.39 is 6.29 Å². The average molecular weight is 293 g/mol. The van der Waals surface area contributed by atoms with Crippen molar-refractivity contribution in [1.82, 2.24) is 14.9 Å². The van der Waals surface area contributed by atoms with E-state index in [0.29, 0.717) is 0 Å². The van der Waals surface area contributed by atoms with Crippen molar-refractivity contribution in [1.29, 1.82) is 0 Å². The summed E-state index contributed by atoms with van der Waals surface area (Å²) in [7, 11) is 0. The minimum absolute atomic E-state index is 0.0385. The predicted molar refractivity (Wildman–Crippen MR) is 69.7 cm³/mol. The van der Waals surface area contributed by atoms with Gasteiger partial charge in [-0.2, -0.15) is 0 Å². The van der Waals surface area contributed by atoms with Gasteiger partial charge in [0.15, 0.2) is 11.5 Å². The number of imidazole rings is 1. The summed E-state index contributed by atoms with van der Waals surface area (Å²) in [5.74, 6) is 0.0842. The summed E-state index contributed by atoms with van der Waals surface area (Å²) < 4.78 is 36.9. The number of fused-ring (bicyclic) bond motifs is 1. The smallest absolute Gasteiger partial charge is 0.395 e. The number of alkyl halides is 2. The van der Waals surface area contributed by atoms with Gasteiger partial charge in [-0.25, -0.2) is 4.98 Å². The Kier molecular flexibility index (Phi) is 2.65. The van der Waals surface area contributed by atoms with E-state index in [-0.39, 0.29) is 17.5 Å². The van der Waals surface area contributed by atoms with Gasteiger partial charge in [0.2, 0.25) is 0 Å². The molecule has 3 heterocycles. The molecule has 0 aliphatic carbocycles. The van der Waals surface area contributed by atoms with E-state index in [1.54, 1.807) is 18.6 Å². The topological polar surface area (TPSA) is 48.3 Å². The van der Waals surface area contributed by atoms with Crippen LogP contribution in [0.15, 0.2) is 30.7 Å². The predicted octanol–water partition coefficient (Wildman–Crippen LogP) is 2.62. The molecule has 1 aromatic heterocycles. The van der Waals surface area contributed by atoms with Gasteiger partial charge in [-0.3, -0.25) is 0 Å². The molecule has 1 unspecified atom stereocenters. The van der Waals surface area contributed by atoms with E-state index in [9.17, 15) is 8.78 Å². The maximum absolute atomic E-state index is 13.1. The van der Waals surface area contributed by atoms with Crippen molar-refractivity contribution >= 4 is 0 Å². The van der Waals surface area contributed by atoms with Crippen LogP contribution in [-0.4, -0.2) is 22.4 Å². The SMILES string of the molecule is FC1(F)Oc2ccc(-n3cncc3C3CCCN3)cc2O1. The molecule has 5 nitrogen and oxygen atoms in total. The van der Waals surface area contributed by atoms with Crippen LogP contribution in [0.5, 0.6) is 11.5 Å². The summed E-state index contributed by atoms with van der Waals surface area (Å²) in [6.07, 6.45) is 2.02. The molecule has 4 rings (SSSR count). The number of ether oxygens (including phenoxy) is 2. The van der Waals surface area contributed by atoms with Gasteiger partial charge in [-0.05, 0) is 31.5 Å². The van der Waals surface area contributed by atoms with Gasteiger partial charge in [-0.1, -0.05) is 0 Å². The van der Waals surface area contributed by atoms with Gasteiger partial charge in [0.25, 0.3) is 0 Å². The molecule has 1 fully saturated rings. The molecule has 0 amide bonds. The van der Waals surface area contributed by atoms with Crippen LogP contribution in [0.25, 0.3) is 5.69 Å². The summed E-state index contributed by atoms with van der Waals surface area (Å²) in [6, 6.07) is 4.97. The third-order valence-corrected chi connectivity index (χ3v) is 3.75. The molecule has 0 spiro atoms. The molecular formula is C14H13F2N3O2. The van der Waals surface area contributed by atoms with Crippen molar-refractivity contribution in [3.05, 3.63) is 36.4 Å². The Bertz CT molecular complexity index is 681. The number of nitrogens with zero attached hydrogens (tertiary/aromatic N) is 2. The Labute approximate surface area is 119 Å². The maximum atomic E-state index is 13.1. The zero-order valence-electron chi connectivity index (χ0n) is 11.1. The lowest BCUT2D eigenvalue weighted by molar-refractivity contribution is -0.286. The minimum atomic E-state index is -3.59. The van der Waals surface area contributed by atoms with Crippen LogP contribution in [0.4, 0.5) is 8.78 Å². The number of rotatable bonds is 2. The van der Waals surface area contributed by atoms with Crippen LogP contribution in [-0.2, 0) is 0 Å². The molecule has 0 saturated carbocycles. The third-order valence-electron chi connectivity index (χ3n) is 3.75. The lowest BCUT2D eigenvalue weighted by Gasteiger charge is -2.14. The highest BCUT2D eigenvalue weighted by Gasteiger charge is 2.43. The Morgan fingerprint density at radius 1 is 1.29 bits per heavy atom. The number of halogens is 2. The van der Waals surface area contributed by atoms with E-state index in [1.807, 2.05) is 4.57 Å². The molecule has 0 radical (unpaired) electrons. The van der Waals surface area contributed by atoms with Crippen molar-refractivity contribution in [2.75, 3.05) is 6.54 Å². The number of aromatic nitrogens is 2. The number of nitrogens with one attached hydrogen (secondary N) is 1. The van der Waals surface area contributed by atoms with Crippen LogP contribution in [0, 0.1) is 0 Å². The normalized spacial score (nSPS) is 22.7. The number of hydrogen-bond acceptors (Lipinski definition) is 4. The highest BCUT2D eigenvalue weighted by molar-refractivity contribution is 5.51. The number of benzene rings is 1. The molecule has 2 aromatic rings. The van der Waals surface area contributed by atoms with Crippen molar-refractivity contribution in [3.8, 4) is 17.2 Å². The van der Waals surface area contributed by atoms with Gasteiger partial charge in [0.05, 0.1) is 23.9 Å². The van der Waals surface area contributed by atoms with Crippen molar-refractivity contribution in [2.24, 2.45) is 0 Å². The Hall–Kier alpha value is -2.15. The molecule has 110 valence electrons.